The predicted octanol–water partition coefficient (Wildman–Crippen LogP) is 3.13. The minimum Gasteiger partial charge on any atom is -0.319 e. The molecule has 1 atom stereocenters. The van der Waals surface area contributed by atoms with Gasteiger partial charge in [0.15, 0.2) is 0 Å². The molecular formula is C14H19N. The van der Waals surface area contributed by atoms with Crippen molar-refractivity contribution in [3.05, 3.63) is 60.2 Å². The highest BCUT2D eigenvalue weighted by Crippen LogP contribution is 2.11. The van der Waals surface area contributed by atoms with E-state index in [-0.39, 0.29) is 0 Å². The van der Waals surface area contributed by atoms with Crippen molar-refractivity contribution in [2.75, 3.05) is 13.6 Å². The Balaban J connectivity index is 2.97. The molecule has 0 fully saturated rings. The average molecular weight is 201 g/mol. The van der Waals surface area contributed by atoms with Crippen LogP contribution in [0.3, 0.4) is 0 Å². The van der Waals surface area contributed by atoms with E-state index in [1.54, 1.807) is 0 Å². The highest BCUT2D eigenvalue weighted by Gasteiger charge is 2.00. The van der Waals surface area contributed by atoms with Gasteiger partial charge in [0.25, 0.3) is 0 Å². The van der Waals surface area contributed by atoms with Crippen LogP contribution in [-0.4, -0.2) is 13.6 Å². The molecule has 0 amide bonds. The van der Waals surface area contributed by atoms with Gasteiger partial charge in [0, 0.05) is 6.54 Å². The van der Waals surface area contributed by atoms with Crippen LogP contribution < -0.4 is 5.32 Å². The van der Waals surface area contributed by atoms with Gasteiger partial charge in [-0.1, -0.05) is 61.5 Å². The highest BCUT2D eigenvalue weighted by atomic mass is 14.8. The first-order valence-electron chi connectivity index (χ1n) is 5.37. The van der Waals surface area contributed by atoms with Crippen molar-refractivity contribution in [1.29, 1.82) is 0 Å². The van der Waals surface area contributed by atoms with Crippen molar-refractivity contribution >= 4 is 0 Å². The number of rotatable bonds is 3. The van der Waals surface area contributed by atoms with Crippen molar-refractivity contribution in [2.24, 2.45) is 0 Å². The molecule has 0 radical (unpaired) electrons. The molecule has 0 aliphatic rings. The lowest BCUT2D eigenvalue weighted by molar-refractivity contribution is 0.678. The smallest absolute Gasteiger partial charge is 0.00144 e. The molecule has 0 heterocycles. The fourth-order valence-corrected chi connectivity index (χ4v) is 1.46. The molecule has 80 valence electrons. The summed E-state index contributed by atoms with van der Waals surface area (Å²) < 4.78 is 0. The third-order valence-electron chi connectivity index (χ3n) is 2.32. The third-order valence-corrected chi connectivity index (χ3v) is 2.32. The van der Waals surface area contributed by atoms with Gasteiger partial charge >= 0.3 is 0 Å². The lowest BCUT2D eigenvalue weighted by atomic mass is 10.0. The van der Waals surface area contributed by atoms with Gasteiger partial charge in [-0.2, -0.15) is 0 Å². The molecular weight excluding hydrogens is 182 g/mol. The fraction of sp³-hybridized carbons (Fsp3) is 0.286. The monoisotopic (exact) mass is 201 g/mol. The van der Waals surface area contributed by atoms with Crippen LogP contribution in [0.2, 0.25) is 0 Å². The van der Waals surface area contributed by atoms with Crippen LogP contribution in [-0.2, 0) is 0 Å². The predicted molar refractivity (Wildman–Crippen MR) is 66.4 cm³/mol. The first-order valence-corrected chi connectivity index (χ1v) is 5.37. The van der Waals surface area contributed by atoms with E-state index in [1.807, 2.05) is 25.2 Å². The summed E-state index contributed by atoms with van der Waals surface area (Å²) in [4.78, 5) is 0. The van der Waals surface area contributed by atoms with E-state index in [9.17, 15) is 0 Å². The van der Waals surface area contributed by atoms with Crippen LogP contribution in [0.4, 0.5) is 0 Å². The molecule has 0 unspecified atom stereocenters. The zero-order chi connectivity index (χ0) is 10.9. The SMILES string of the molecule is CNC[C@@H](C)c1ccccccccc1. The number of likely N-dealkylation sites (N-methyl/N-ethyl adjacent to an activating group) is 1. The minimum atomic E-state index is 0.535. The summed E-state index contributed by atoms with van der Waals surface area (Å²) in [6.45, 7) is 3.23. The van der Waals surface area contributed by atoms with Crippen LogP contribution >= 0.6 is 0 Å². The molecule has 0 aliphatic carbocycles. The van der Waals surface area contributed by atoms with Gasteiger partial charge in [0.2, 0.25) is 0 Å². The Labute approximate surface area is 92.5 Å². The summed E-state index contributed by atoms with van der Waals surface area (Å²) in [5.74, 6) is 0.535. The molecule has 1 aromatic rings. The van der Waals surface area contributed by atoms with Gasteiger partial charge in [0.1, 0.15) is 0 Å². The molecule has 15 heavy (non-hydrogen) atoms. The summed E-state index contributed by atoms with van der Waals surface area (Å²) in [6.07, 6.45) is 0. The lowest BCUT2D eigenvalue weighted by Gasteiger charge is -2.09. The van der Waals surface area contributed by atoms with E-state index < -0.39 is 0 Å². The van der Waals surface area contributed by atoms with E-state index in [0.717, 1.165) is 6.54 Å². The fourth-order valence-electron chi connectivity index (χ4n) is 1.46. The van der Waals surface area contributed by atoms with E-state index in [4.69, 9.17) is 0 Å². The summed E-state index contributed by atoms with van der Waals surface area (Å²) >= 11 is 0. The van der Waals surface area contributed by atoms with Crippen molar-refractivity contribution in [2.45, 2.75) is 12.8 Å². The first-order chi connectivity index (χ1) is 7.34. The maximum absolute atomic E-state index is 3.20. The molecule has 1 rings (SSSR count). The maximum Gasteiger partial charge on any atom is 0.00144 e. The molecule has 0 saturated heterocycles. The van der Waals surface area contributed by atoms with E-state index >= 15 is 0 Å². The quantitative estimate of drug-likeness (QED) is 0.792. The zero-order valence-electron chi connectivity index (χ0n) is 9.48. The van der Waals surface area contributed by atoms with Gasteiger partial charge in [-0.25, -0.2) is 0 Å². The summed E-state index contributed by atoms with van der Waals surface area (Å²) in [5.41, 5.74) is 1.35. The van der Waals surface area contributed by atoms with Crippen LogP contribution in [0.15, 0.2) is 54.6 Å². The Morgan fingerprint density at radius 2 is 1.40 bits per heavy atom. The second-order valence-electron chi connectivity index (χ2n) is 3.64. The second kappa shape index (κ2) is 7.02. The Morgan fingerprint density at radius 1 is 0.933 bits per heavy atom. The normalized spacial score (nSPS) is 11.6. The molecule has 0 saturated carbocycles. The van der Waals surface area contributed by atoms with Crippen molar-refractivity contribution in [3.63, 3.8) is 0 Å². The molecule has 1 N–H and O–H groups in total. The van der Waals surface area contributed by atoms with Crippen LogP contribution in [0.1, 0.15) is 18.4 Å². The van der Waals surface area contributed by atoms with E-state index in [0.29, 0.717) is 5.92 Å². The Kier molecular flexibility index (Phi) is 5.49. The summed E-state index contributed by atoms with van der Waals surface area (Å²) in [5, 5.41) is 3.20. The maximum atomic E-state index is 3.20. The second-order valence-corrected chi connectivity index (χ2v) is 3.64. The standard InChI is InChI=1S/C14H19N/c1-13(12-15-2)14-10-8-6-4-3-5-7-9-11-14/h3-11,13,15H,12H2,1-2H3/t13-/m1/s1. The van der Waals surface area contributed by atoms with Crippen LogP contribution in [0, 0.1) is 0 Å². The highest BCUT2D eigenvalue weighted by molar-refractivity contribution is 5.16. The largest absolute Gasteiger partial charge is 0.319 e. The zero-order valence-corrected chi connectivity index (χ0v) is 9.48. The van der Waals surface area contributed by atoms with Crippen LogP contribution in [0.25, 0.3) is 0 Å². The Morgan fingerprint density at radius 3 is 1.87 bits per heavy atom. The van der Waals surface area contributed by atoms with E-state index in [2.05, 4.69) is 48.6 Å². The van der Waals surface area contributed by atoms with Gasteiger partial charge in [-0.3, -0.25) is 0 Å². The van der Waals surface area contributed by atoms with Gasteiger partial charge in [0.05, 0.1) is 0 Å². The number of nitrogens with one attached hydrogen (secondary N) is 1. The summed E-state index contributed by atoms with van der Waals surface area (Å²) in [7, 11) is 1.99. The number of hydrogen-bond acceptors (Lipinski definition) is 1. The molecule has 0 spiro atoms. The Hall–Kier alpha value is -1.34. The molecule has 0 aliphatic heterocycles. The molecule has 1 aromatic carbocycles. The van der Waals surface area contributed by atoms with E-state index in [1.165, 1.54) is 5.56 Å². The lowest BCUT2D eigenvalue weighted by Crippen LogP contribution is -2.14. The summed E-state index contributed by atoms with van der Waals surface area (Å²) in [6, 6.07) is 18.7. The molecule has 1 nitrogen and oxygen atoms in total. The topological polar surface area (TPSA) is 12.0 Å². The minimum absolute atomic E-state index is 0.535. The molecule has 0 bridgehead atoms. The molecule has 1 heteroatoms. The van der Waals surface area contributed by atoms with Gasteiger partial charge in [-0.15, -0.1) is 0 Å². The first kappa shape index (κ1) is 11.7. The van der Waals surface area contributed by atoms with Crippen molar-refractivity contribution < 1.29 is 0 Å². The third kappa shape index (κ3) is 4.61. The van der Waals surface area contributed by atoms with Crippen LogP contribution in [0.5, 0.6) is 0 Å². The van der Waals surface area contributed by atoms with Gasteiger partial charge < -0.3 is 5.32 Å². The average Bonchev–Trinajstić information content (AvgIpc) is 2.26. The van der Waals surface area contributed by atoms with Crippen molar-refractivity contribution in [1.82, 2.24) is 5.32 Å². The number of hydrogen-bond donors (Lipinski definition) is 1. The Bertz CT molecular complexity index is 307. The van der Waals surface area contributed by atoms with Crippen molar-refractivity contribution in [3.8, 4) is 0 Å². The molecule has 0 aromatic heterocycles. The van der Waals surface area contributed by atoms with Gasteiger partial charge in [-0.05, 0) is 18.5 Å².